The van der Waals surface area contributed by atoms with Crippen molar-refractivity contribution in [1.82, 2.24) is 5.32 Å². The van der Waals surface area contributed by atoms with E-state index in [4.69, 9.17) is 13.9 Å². The summed E-state index contributed by atoms with van der Waals surface area (Å²) in [7, 11) is 0. The molecule has 1 amide bonds. The van der Waals surface area contributed by atoms with E-state index >= 15 is 0 Å². The molecule has 6 heteroatoms. The van der Waals surface area contributed by atoms with Gasteiger partial charge in [0.25, 0.3) is 5.91 Å². The molecule has 1 aromatic heterocycles. The first-order valence-corrected chi connectivity index (χ1v) is 8.35. The molecular formula is C20H17NO5. The minimum Gasteiger partial charge on any atom is -0.486 e. The number of rotatable bonds is 3. The number of carbonyl (C=O) groups is 1. The fourth-order valence-corrected chi connectivity index (χ4v) is 2.91. The predicted molar refractivity (Wildman–Crippen MR) is 95.8 cm³/mol. The van der Waals surface area contributed by atoms with Gasteiger partial charge in [0.2, 0.25) is 0 Å². The van der Waals surface area contributed by atoms with Crippen LogP contribution in [0.15, 0.2) is 57.7 Å². The van der Waals surface area contributed by atoms with Gasteiger partial charge in [-0.3, -0.25) is 4.79 Å². The average Bonchev–Trinajstić information content (AvgIpc) is 2.66. The summed E-state index contributed by atoms with van der Waals surface area (Å²) in [6.45, 7) is 2.86. The first kappa shape index (κ1) is 16.2. The van der Waals surface area contributed by atoms with Gasteiger partial charge in [0.1, 0.15) is 24.4 Å². The maximum atomic E-state index is 12.6. The van der Waals surface area contributed by atoms with Crippen LogP contribution in [0, 0.1) is 0 Å². The largest absolute Gasteiger partial charge is 0.486 e. The third-order valence-electron chi connectivity index (χ3n) is 4.30. The molecule has 0 saturated carbocycles. The lowest BCUT2D eigenvalue weighted by Crippen LogP contribution is -2.30. The van der Waals surface area contributed by atoms with Crippen LogP contribution in [-0.4, -0.2) is 19.1 Å². The van der Waals surface area contributed by atoms with Crippen LogP contribution < -0.4 is 20.4 Å². The molecule has 2 aromatic carbocycles. The summed E-state index contributed by atoms with van der Waals surface area (Å²) in [4.78, 5) is 24.7. The van der Waals surface area contributed by atoms with Gasteiger partial charge in [-0.15, -0.1) is 0 Å². The molecule has 132 valence electrons. The van der Waals surface area contributed by atoms with Crippen LogP contribution >= 0.6 is 0 Å². The van der Waals surface area contributed by atoms with Crippen LogP contribution in [0.2, 0.25) is 0 Å². The summed E-state index contributed by atoms with van der Waals surface area (Å²) in [5.74, 6) is 0.862. The van der Waals surface area contributed by atoms with Crippen LogP contribution in [0.5, 0.6) is 11.5 Å². The van der Waals surface area contributed by atoms with Gasteiger partial charge in [0, 0.05) is 5.39 Å². The number of benzene rings is 2. The van der Waals surface area contributed by atoms with E-state index in [1.165, 1.54) is 0 Å². The normalized spacial score (nSPS) is 14.0. The maximum Gasteiger partial charge on any atom is 0.349 e. The zero-order valence-electron chi connectivity index (χ0n) is 14.2. The Morgan fingerprint density at radius 3 is 2.65 bits per heavy atom. The third-order valence-corrected chi connectivity index (χ3v) is 4.30. The number of carbonyl (C=O) groups excluding carboxylic acids is 1. The van der Waals surface area contributed by atoms with Gasteiger partial charge in [-0.05, 0) is 36.8 Å². The topological polar surface area (TPSA) is 77.8 Å². The van der Waals surface area contributed by atoms with Crippen molar-refractivity contribution in [2.24, 2.45) is 0 Å². The zero-order chi connectivity index (χ0) is 18.1. The molecule has 0 saturated heterocycles. The van der Waals surface area contributed by atoms with Crippen molar-refractivity contribution in [1.29, 1.82) is 0 Å². The van der Waals surface area contributed by atoms with Gasteiger partial charge in [0.15, 0.2) is 11.5 Å². The maximum absolute atomic E-state index is 12.6. The van der Waals surface area contributed by atoms with E-state index in [0.29, 0.717) is 35.7 Å². The van der Waals surface area contributed by atoms with Crippen LogP contribution in [-0.2, 0) is 0 Å². The molecule has 1 aliphatic rings. The smallest absolute Gasteiger partial charge is 0.349 e. The molecule has 0 radical (unpaired) electrons. The Morgan fingerprint density at radius 1 is 1.04 bits per heavy atom. The highest BCUT2D eigenvalue weighted by atomic mass is 16.6. The molecule has 1 unspecified atom stereocenters. The summed E-state index contributed by atoms with van der Waals surface area (Å²) < 4.78 is 16.3. The second-order valence-electron chi connectivity index (χ2n) is 6.08. The lowest BCUT2D eigenvalue weighted by atomic mass is 10.1. The molecule has 2 heterocycles. The van der Waals surface area contributed by atoms with Crippen molar-refractivity contribution in [3.63, 3.8) is 0 Å². The molecule has 26 heavy (non-hydrogen) atoms. The summed E-state index contributed by atoms with van der Waals surface area (Å²) in [6, 6.07) is 13.8. The Morgan fingerprint density at radius 2 is 1.81 bits per heavy atom. The Labute approximate surface area is 149 Å². The van der Waals surface area contributed by atoms with E-state index in [9.17, 15) is 9.59 Å². The van der Waals surface area contributed by atoms with Crippen molar-refractivity contribution in [3.05, 3.63) is 70.1 Å². The van der Waals surface area contributed by atoms with Crippen molar-refractivity contribution < 1.29 is 18.7 Å². The molecule has 0 aliphatic carbocycles. The second-order valence-corrected chi connectivity index (χ2v) is 6.08. The minimum atomic E-state index is -0.657. The summed E-state index contributed by atoms with van der Waals surface area (Å²) >= 11 is 0. The van der Waals surface area contributed by atoms with Gasteiger partial charge in [-0.25, -0.2) is 4.79 Å². The number of nitrogens with one attached hydrogen (secondary N) is 1. The van der Waals surface area contributed by atoms with Gasteiger partial charge in [-0.2, -0.15) is 0 Å². The van der Waals surface area contributed by atoms with E-state index in [1.54, 1.807) is 24.3 Å². The first-order valence-electron chi connectivity index (χ1n) is 8.35. The van der Waals surface area contributed by atoms with Crippen LogP contribution in [0.3, 0.4) is 0 Å². The zero-order valence-corrected chi connectivity index (χ0v) is 14.2. The summed E-state index contributed by atoms with van der Waals surface area (Å²) in [5.41, 5.74) is 0.630. The van der Waals surface area contributed by atoms with E-state index in [0.717, 1.165) is 5.56 Å². The Bertz CT molecular complexity index is 1040. The van der Waals surface area contributed by atoms with Gasteiger partial charge < -0.3 is 19.2 Å². The average molecular weight is 351 g/mol. The van der Waals surface area contributed by atoms with Gasteiger partial charge in [-0.1, -0.05) is 24.3 Å². The monoisotopic (exact) mass is 351 g/mol. The molecule has 4 rings (SSSR count). The summed E-state index contributed by atoms with van der Waals surface area (Å²) in [6.07, 6.45) is 0. The van der Waals surface area contributed by atoms with E-state index in [2.05, 4.69) is 5.32 Å². The molecule has 1 aliphatic heterocycles. The highest BCUT2D eigenvalue weighted by molar-refractivity contribution is 5.96. The first-order chi connectivity index (χ1) is 12.6. The number of fused-ring (bicyclic) bond motifs is 2. The van der Waals surface area contributed by atoms with Crippen molar-refractivity contribution in [2.45, 2.75) is 13.0 Å². The minimum absolute atomic E-state index is 0.0203. The van der Waals surface area contributed by atoms with E-state index in [1.807, 2.05) is 31.2 Å². The Kier molecular flexibility index (Phi) is 4.08. The van der Waals surface area contributed by atoms with Crippen molar-refractivity contribution in [2.75, 3.05) is 13.2 Å². The Hall–Kier alpha value is -3.28. The lowest BCUT2D eigenvalue weighted by molar-refractivity contribution is 0.0936. The number of amides is 1. The van der Waals surface area contributed by atoms with Crippen LogP contribution in [0.4, 0.5) is 0 Å². The lowest BCUT2D eigenvalue weighted by Gasteiger charge is -2.21. The fraction of sp³-hybridized carbons (Fsp3) is 0.200. The van der Waals surface area contributed by atoms with Gasteiger partial charge in [0.05, 0.1) is 6.04 Å². The second kappa shape index (κ2) is 6.55. The van der Waals surface area contributed by atoms with Gasteiger partial charge >= 0.3 is 5.63 Å². The highest BCUT2D eigenvalue weighted by Crippen LogP contribution is 2.32. The molecule has 0 fully saturated rings. The van der Waals surface area contributed by atoms with E-state index in [-0.39, 0.29) is 11.6 Å². The number of ether oxygens (including phenoxy) is 2. The Balaban J connectivity index is 1.58. The van der Waals surface area contributed by atoms with Crippen molar-refractivity contribution >= 4 is 16.9 Å². The van der Waals surface area contributed by atoms with Crippen molar-refractivity contribution in [3.8, 4) is 11.5 Å². The molecule has 6 nitrogen and oxygen atoms in total. The molecule has 1 N–H and O–H groups in total. The molecular weight excluding hydrogens is 334 g/mol. The van der Waals surface area contributed by atoms with Crippen LogP contribution in [0.25, 0.3) is 11.0 Å². The molecule has 0 spiro atoms. The fourth-order valence-electron chi connectivity index (χ4n) is 2.91. The third kappa shape index (κ3) is 3.01. The van der Waals surface area contributed by atoms with E-state index < -0.39 is 11.5 Å². The van der Waals surface area contributed by atoms with Crippen LogP contribution in [0.1, 0.15) is 28.9 Å². The number of para-hydroxylation sites is 1. The number of hydrogen-bond acceptors (Lipinski definition) is 5. The highest BCUT2D eigenvalue weighted by Gasteiger charge is 2.19. The number of hydrogen-bond donors (Lipinski definition) is 1. The molecule has 0 bridgehead atoms. The SMILES string of the molecule is CC(NC(=O)c1cc2ccccc2oc1=O)c1ccc2c(c1)OCCO2. The standard InChI is InChI=1S/C20H17NO5/c1-12(13-6-7-17-18(11-13)25-9-8-24-17)21-19(22)15-10-14-4-2-3-5-16(14)26-20(15)23/h2-7,10-12H,8-9H2,1H3,(H,21,22). The quantitative estimate of drug-likeness (QED) is 0.734. The summed E-state index contributed by atoms with van der Waals surface area (Å²) in [5, 5.41) is 3.53. The predicted octanol–water partition coefficient (Wildman–Crippen LogP) is 3.06. The molecule has 1 atom stereocenters. The molecule has 3 aromatic rings.